The topological polar surface area (TPSA) is 58.2 Å². The Morgan fingerprint density at radius 1 is 1.19 bits per heavy atom. The Morgan fingerprint density at radius 2 is 1.90 bits per heavy atom. The molecule has 0 aliphatic heterocycles. The molecule has 0 radical (unpaired) electrons. The van der Waals surface area contributed by atoms with Crippen LogP contribution in [0.5, 0.6) is 0 Å². The number of halogens is 2. The summed E-state index contributed by atoms with van der Waals surface area (Å²) in [6, 6.07) is 11.0. The molecular formula is C14H14ClFN2O2S. The molecule has 2 rings (SSSR count). The van der Waals surface area contributed by atoms with Gasteiger partial charge in [0.05, 0.1) is 10.7 Å². The van der Waals surface area contributed by atoms with E-state index in [9.17, 15) is 12.8 Å². The van der Waals surface area contributed by atoms with Gasteiger partial charge in [-0.1, -0.05) is 29.8 Å². The summed E-state index contributed by atoms with van der Waals surface area (Å²) in [5, 5.41) is 3.04. The lowest BCUT2D eigenvalue weighted by atomic mass is 10.2. The Hall–Kier alpha value is -1.63. The lowest BCUT2D eigenvalue weighted by molar-refractivity contribution is 0.588. The first-order valence-corrected chi connectivity index (χ1v) is 8.00. The Kier molecular flexibility index (Phi) is 4.82. The normalized spacial score (nSPS) is 11.4. The van der Waals surface area contributed by atoms with Gasteiger partial charge in [-0.2, -0.15) is 0 Å². The third-order valence-corrected chi connectivity index (χ3v) is 4.69. The lowest BCUT2D eigenvalue weighted by Gasteiger charge is -2.12. The van der Waals surface area contributed by atoms with E-state index in [1.54, 1.807) is 24.3 Å². The van der Waals surface area contributed by atoms with E-state index in [1.807, 2.05) is 0 Å². The molecule has 0 spiro atoms. The minimum Gasteiger partial charge on any atom is -0.380 e. The van der Waals surface area contributed by atoms with E-state index in [0.29, 0.717) is 11.3 Å². The Balaban J connectivity index is 2.23. The standard InChI is InChI=1S/C14H14ClFN2O2S/c1-17-21(19,20)14-5-3-2-4-13(14)18-9-10-6-7-11(15)12(16)8-10/h2-8,17-18H,9H2,1H3. The number of para-hydroxylation sites is 1. The van der Waals surface area contributed by atoms with E-state index in [2.05, 4.69) is 10.0 Å². The Morgan fingerprint density at radius 3 is 2.57 bits per heavy atom. The zero-order valence-corrected chi connectivity index (χ0v) is 12.8. The first-order chi connectivity index (χ1) is 9.94. The van der Waals surface area contributed by atoms with Crippen LogP contribution in [0.2, 0.25) is 5.02 Å². The van der Waals surface area contributed by atoms with Gasteiger partial charge in [0.2, 0.25) is 10.0 Å². The minimum absolute atomic E-state index is 0.0527. The van der Waals surface area contributed by atoms with Gasteiger partial charge in [0.25, 0.3) is 0 Å². The van der Waals surface area contributed by atoms with E-state index >= 15 is 0 Å². The van der Waals surface area contributed by atoms with Crippen LogP contribution >= 0.6 is 11.6 Å². The molecule has 0 amide bonds. The molecule has 0 saturated carbocycles. The summed E-state index contributed by atoms with van der Waals surface area (Å²) in [6.45, 7) is 0.282. The fourth-order valence-corrected chi connectivity index (χ4v) is 2.83. The van der Waals surface area contributed by atoms with Gasteiger partial charge in [-0.05, 0) is 36.9 Å². The van der Waals surface area contributed by atoms with E-state index < -0.39 is 15.8 Å². The van der Waals surface area contributed by atoms with Gasteiger partial charge in [-0.3, -0.25) is 0 Å². The van der Waals surface area contributed by atoms with E-state index in [0.717, 1.165) is 0 Å². The van der Waals surface area contributed by atoms with Crippen molar-refractivity contribution in [2.45, 2.75) is 11.4 Å². The van der Waals surface area contributed by atoms with Gasteiger partial charge in [0, 0.05) is 6.54 Å². The fraction of sp³-hybridized carbons (Fsp3) is 0.143. The number of anilines is 1. The van der Waals surface area contributed by atoms with Crippen molar-refractivity contribution in [2.75, 3.05) is 12.4 Å². The van der Waals surface area contributed by atoms with E-state index in [4.69, 9.17) is 11.6 Å². The average Bonchev–Trinajstić information content (AvgIpc) is 2.49. The van der Waals surface area contributed by atoms with Crippen LogP contribution in [0.25, 0.3) is 0 Å². The van der Waals surface area contributed by atoms with Crippen molar-refractivity contribution in [1.29, 1.82) is 0 Å². The highest BCUT2D eigenvalue weighted by Crippen LogP contribution is 2.22. The molecule has 0 saturated heterocycles. The molecule has 7 heteroatoms. The second-order valence-electron chi connectivity index (χ2n) is 4.31. The van der Waals surface area contributed by atoms with Crippen molar-refractivity contribution in [3.63, 3.8) is 0 Å². The second-order valence-corrected chi connectivity index (χ2v) is 6.57. The number of rotatable bonds is 5. The molecule has 0 unspecified atom stereocenters. The first kappa shape index (κ1) is 15.8. The Labute approximate surface area is 128 Å². The smallest absolute Gasteiger partial charge is 0.242 e. The lowest BCUT2D eigenvalue weighted by Crippen LogP contribution is -2.20. The molecular weight excluding hydrogens is 315 g/mol. The van der Waals surface area contributed by atoms with Crippen LogP contribution in [-0.2, 0) is 16.6 Å². The molecule has 0 aromatic heterocycles. The monoisotopic (exact) mass is 328 g/mol. The first-order valence-electron chi connectivity index (χ1n) is 6.14. The highest BCUT2D eigenvalue weighted by atomic mass is 35.5. The van der Waals surface area contributed by atoms with Crippen molar-refractivity contribution < 1.29 is 12.8 Å². The SMILES string of the molecule is CNS(=O)(=O)c1ccccc1NCc1ccc(Cl)c(F)c1. The summed E-state index contributed by atoms with van der Waals surface area (Å²) in [5.41, 5.74) is 1.11. The molecule has 0 fully saturated rings. The fourth-order valence-electron chi connectivity index (χ4n) is 1.80. The maximum Gasteiger partial charge on any atom is 0.242 e. The summed E-state index contributed by atoms with van der Waals surface area (Å²) in [5.74, 6) is -0.507. The zero-order chi connectivity index (χ0) is 15.5. The molecule has 21 heavy (non-hydrogen) atoms. The van der Waals surface area contributed by atoms with Crippen molar-refractivity contribution in [1.82, 2.24) is 4.72 Å². The van der Waals surface area contributed by atoms with Crippen LogP contribution in [0.1, 0.15) is 5.56 Å². The summed E-state index contributed by atoms with van der Waals surface area (Å²) in [4.78, 5) is 0.141. The van der Waals surface area contributed by atoms with Gasteiger partial charge in [0.1, 0.15) is 10.7 Å². The van der Waals surface area contributed by atoms with E-state index in [-0.39, 0.29) is 16.5 Å². The zero-order valence-electron chi connectivity index (χ0n) is 11.2. The number of benzene rings is 2. The van der Waals surface area contributed by atoms with Gasteiger partial charge in [0.15, 0.2) is 0 Å². The van der Waals surface area contributed by atoms with Crippen LogP contribution in [0.3, 0.4) is 0 Å². The van der Waals surface area contributed by atoms with Crippen LogP contribution in [0, 0.1) is 5.82 Å². The van der Waals surface area contributed by atoms with Crippen molar-refractivity contribution in [3.8, 4) is 0 Å². The quantitative estimate of drug-likeness (QED) is 0.887. The summed E-state index contributed by atoms with van der Waals surface area (Å²) < 4.78 is 39.4. The highest BCUT2D eigenvalue weighted by Gasteiger charge is 2.15. The predicted octanol–water partition coefficient (Wildman–Crippen LogP) is 3.00. The molecule has 4 nitrogen and oxygen atoms in total. The second kappa shape index (κ2) is 6.43. The van der Waals surface area contributed by atoms with Crippen LogP contribution in [0.15, 0.2) is 47.4 Å². The average molecular weight is 329 g/mol. The third-order valence-electron chi connectivity index (χ3n) is 2.91. The van der Waals surface area contributed by atoms with Crippen molar-refractivity contribution >= 4 is 27.3 Å². The van der Waals surface area contributed by atoms with Crippen LogP contribution in [0.4, 0.5) is 10.1 Å². The van der Waals surface area contributed by atoms with Gasteiger partial charge < -0.3 is 5.32 Å². The molecule has 2 aromatic rings. The number of sulfonamides is 1. The molecule has 0 aliphatic rings. The van der Waals surface area contributed by atoms with Gasteiger partial charge in [-0.15, -0.1) is 0 Å². The third kappa shape index (κ3) is 3.72. The molecule has 2 N–H and O–H groups in total. The largest absolute Gasteiger partial charge is 0.380 e. The molecule has 0 atom stereocenters. The maximum atomic E-state index is 13.4. The van der Waals surface area contributed by atoms with Gasteiger partial charge in [-0.25, -0.2) is 17.5 Å². The molecule has 0 heterocycles. The molecule has 0 bridgehead atoms. The number of hydrogen-bond donors (Lipinski definition) is 2. The summed E-state index contributed by atoms with van der Waals surface area (Å²) in [6.07, 6.45) is 0. The van der Waals surface area contributed by atoms with Gasteiger partial charge >= 0.3 is 0 Å². The van der Waals surface area contributed by atoms with Crippen molar-refractivity contribution in [2.24, 2.45) is 0 Å². The van der Waals surface area contributed by atoms with Crippen LogP contribution in [-0.4, -0.2) is 15.5 Å². The predicted molar refractivity (Wildman–Crippen MR) is 81.4 cm³/mol. The maximum absolute atomic E-state index is 13.4. The van der Waals surface area contributed by atoms with Crippen LogP contribution < -0.4 is 10.0 Å². The molecule has 2 aromatic carbocycles. The number of hydrogen-bond acceptors (Lipinski definition) is 3. The Bertz CT molecular complexity index is 750. The van der Waals surface area contributed by atoms with Crippen molar-refractivity contribution in [3.05, 3.63) is 58.9 Å². The summed E-state index contributed by atoms with van der Waals surface area (Å²) >= 11 is 5.62. The molecule has 112 valence electrons. The number of nitrogens with one attached hydrogen (secondary N) is 2. The molecule has 0 aliphatic carbocycles. The van der Waals surface area contributed by atoms with E-state index in [1.165, 1.54) is 25.2 Å². The highest BCUT2D eigenvalue weighted by molar-refractivity contribution is 7.89. The summed E-state index contributed by atoms with van der Waals surface area (Å²) in [7, 11) is -2.21. The minimum atomic E-state index is -3.56.